The van der Waals surface area contributed by atoms with Crippen LogP contribution in [0.2, 0.25) is 0 Å². The normalized spacial score (nSPS) is 40.2. The van der Waals surface area contributed by atoms with Crippen LogP contribution in [0.1, 0.15) is 87.0 Å². The molecule has 0 aliphatic heterocycles. The van der Waals surface area contributed by atoms with E-state index in [4.69, 9.17) is 5.11 Å². The lowest BCUT2D eigenvalue weighted by molar-refractivity contribution is -0.146. The molecule has 37 heavy (non-hydrogen) atoms. The zero-order chi connectivity index (χ0) is 27.9. The third-order valence-electron chi connectivity index (χ3n) is 11.0. The van der Waals surface area contributed by atoms with Crippen molar-refractivity contribution < 1.29 is 34.2 Å². The van der Waals surface area contributed by atoms with E-state index in [1.807, 2.05) is 34.6 Å². The van der Waals surface area contributed by atoms with Crippen molar-refractivity contribution in [3.63, 3.8) is 0 Å². The van der Waals surface area contributed by atoms with Crippen LogP contribution >= 0.6 is 0 Å². The lowest BCUT2D eigenvalue weighted by Crippen LogP contribution is -2.59. The van der Waals surface area contributed by atoms with E-state index in [1.165, 1.54) is 13.0 Å². The van der Waals surface area contributed by atoms with Gasteiger partial charge in [-0.2, -0.15) is 0 Å². The van der Waals surface area contributed by atoms with Gasteiger partial charge in [-0.15, -0.1) is 0 Å². The predicted molar refractivity (Wildman–Crippen MR) is 136 cm³/mol. The Hall–Kier alpha value is -2.41. The topological polar surface area (TPSA) is 126 Å². The number of aliphatic hydroxyl groups excluding tert-OH is 1. The van der Waals surface area contributed by atoms with Crippen LogP contribution in [0.25, 0.3) is 0 Å². The summed E-state index contributed by atoms with van der Waals surface area (Å²) in [7, 11) is 0. The minimum absolute atomic E-state index is 0.0987. The quantitative estimate of drug-likeness (QED) is 0.527. The van der Waals surface area contributed by atoms with Crippen LogP contribution < -0.4 is 0 Å². The number of Topliss-reactive ketones (excluding diaryl/α,β-unsaturated/α-hetero) is 3. The Bertz CT molecular complexity index is 1170. The van der Waals surface area contributed by atoms with Crippen molar-refractivity contribution in [1.82, 2.24) is 0 Å². The maximum Gasteiger partial charge on any atom is 0.306 e. The van der Waals surface area contributed by atoms with Gasteiger partial charge in [-0.05, 0) is 43.1 Å². The number of hydrogen-bond acceptors (Lipinski definition) is 6. The van der Waals surface area contributed by atoms with E-state index in [9.17, 15) is 29.1 Å². The molecule has 0 aromatic rings. The molecule has 0 bridgehead atoms. The summed E-state index contributed by atoms with van der Waals surface area (Å²) in [6, 6.07) is 0. The Morgan fingerprint density at radius 2 is 1.68 bits per heavy atom. The molecule has 2 saturated carbocycles. The number of carboxylic acid groups (broad SMARTS) is 1. The van der Waals surface area contributed by atoms with E-state index >= 15 is 0 Å². The Morgan fingerprint density at radius 1 is 1.05 bits per heavy atom. The Balaban J connectivity index is 1.81. The van der Waals surface area contributed by atoms with Gasteiger partial charge in [0, 0.05) is 53.1 Å². The molecule has 0 amide bonds. The molecule has 3 unspecified atom stereocenters. The second-order valence-corrected chi connectivity index (χ2v) is 13.3. The number of fused-ring (bicyclic) bond motifs is 4. The second kappa shape index (κ2) is 8.55. The highest BCUT2D eigenvalue weighted by molar-refractivity contribution is 6.12. The van der Waals surface area contributed by atoms with Crippen LogP contribution in [-0.4, -0.2) is 45.4 Å². The van der Waals surface area contributed by atoms with Crippen molar-refractivity contribution in [2.24, 2.45) is 39.4 Å². The van der Waals surface area contributed by atoms with E-state index in [0.29, 0.717) is 36.0 Å². The zero-order valence-electron chi connectivity index (χ0n) is 23.1. The van der Waals surface area contributed by atoms with Gasteiger partial charge in [0.25, 0.3) is 0 Å². The van der Waals surface area contributed by atoms with E-state index in [1.54, 1.807) is 6.92 Å². The van der Waals surface area contributed by atoms with Crippen LogP contribution in [-0.2, 0) is 24.0 Å². The molecular formula is C30H40O7. The number of ketones is 4. The number of carbonyl (C=O) groups is 5. The Kier molecular flexibility index (Phi) is 6.38. The SMILES string of the molecule is C/C(=C/C(=O)CC(C)C(=O)O)C1C[C@H](O)[C@@]2(C)C3=C(C(=O)C[C@]12C)[C@@]1(C)CCC(=O)C(C)(C)C1CC3=O. The second-order valence-electron chi connectivity index (χ2n) is 13.3. The lowest BCUT2D eigenvalue weighted by Gasteiger charge is -2.59. The summed E-state index contributed by atoms with van der Waals surface area (Å²) in [4.78, 5) is 64.5. The monoisotopic (exact) mass is 512 g/mol. The summed E-state index contributed by atoms with van der Waals surface area (Å²) < 4.78 is 0. The van der Waals surface area contributed by atoms with Crippen LogP contribution in [0, 0.1) is 39.4 Å². The summed E-state index contributed by atoms with van der Waals surface area (Å²) in [5, 5.41) is 20.7. The smallest absolute Gasteiger partial charge is 0.306 e. The molecule has 0 saturated heterocycles. The summed E-state index contributed by atoms with van der Waals surface area (Å²) in [5.74, 6) is -2.88. The standard InChI is InChI=1S/C30H40O7/c1-15(10-17(31)11-16(2)26(36)37)18-12-23(35)30(7)25-19(32)13-21-27(3,4)22(34)8-9-28(21,5)24(25)20(33)14-29(18,30)6/h10,16,18,21,23,35H,8-9,11-14H2,1-7H3,(H,36,37)/b15-10-/t16?,18?,21?,23-,28-,29+,30-/m0/s1. The molecule has 7 heteroatoms. The average molecular weight is 513 g/mol. The summed E-state index contributed by atoms with van der Waals surface area (Å²) in [6.45, 7) is 12.9. The van der Waals surface area contributed by atoms with Gasteiger partial charge < -0.3 is 10.2 Å². The molecule has 7 nitrogen and oxygen atoms in total. The largest absolute Gasteiger partial charge is 0.481 e. The first kappa shape index (κ1) is 27.6. The summed E-state index contributed by atoms with van der Waals surface area (Å²) in [6.07, 6.45) is 1.92. The fourth-order valence-electron chi connectivity index (χ4n) is 8.49. The number of aliphatic carboxylic acids is 1. The van der Waals surface area contributed by atoms with Gasteiger partial charge in [-0.1, -0.05) is 47.1 Å². The highest BCUT2D eigenvalue weighted by Gasteiger charge is 2.69. The molecule has 0 heterocycles. The van der Waals surface area contributed by atoms with Crippen LogP contribution in [0.5, 0.6) is 0 Å². The maximum absolute atomic E-state index is 14.0. The van der Waals surface area contributed by atoms with E-state index in [2.05, 4.69) is 0 Å². The number of rotatable bonds is 5. The van der Waals surface area contributed by atoms with Crippen LogP contribution in [0.4, 0.5) is 0 Å². The fourth-order valence-corrected chi connectivity index (χ4v) is 8.49. The summed E-state index contributed by atoms with van der Waals surface area (Å²) >= 11 is 0. The minimum Gasteiger partial charge on any atom is -0.481 e. The Morgan fingerprint density at radius 3 is 2.27 bits per heavy atom. The number of carboxylic acids is 1. The van der Waals surface area contributed by atoms with Crippen molar-refractivity contribution in [1.29, 1.82) is 0 Å². The van der Waals surface area contributed by atoms with Crippen LogP contribution in [0.3, 0.4) is 0 Å². The third-order valence-corrected chi connectivity index (χ3v) is 11.0. The van der Waals surface area contributed by atoms with Crippen molar-refractivity contribution in [2.45, 2.75) is 93.1 Å². The van der Waals surface area contributed by atoms with Gasteiger partial charge in [-0.3, -0.25) is 24.0 Å². The van der Waals surface area contributed by atoms with Gasteiger partial charge >= 0.3 is 5.97 Å². The third kappa shape index (κ3) is 3.67. The van der Waals surface area contributed by atoms with Crippen molar-refractivity contribution in [3.8, 4) is 0 Å². The van der Waals surface area contributed by atoms with E-state index < -0.39 is 39.7 Å². The molecule has 0 aromatic heterocycles. The van der Waals surface area contributed by atoms with Gasteiger partial charge in [0.1, 0.15) is 5.78 Å². The molecule has 4 rings (SSSR count). The molecule has 0 spiro atoms. The first-order valence-corrected chi connectivity index (χ1v) is 13.4. The summed E-state index contributed by atoms with van der Waals surface area (Å²) in [5.41, 5.74) is -1.46. The maximum atomic E-state index is 14.0. The highest BCUT2D eigenvalue weighted by Crippen LogP contribution is 2.70. The first-order chi connectivity index (χ1) is 16.9. The van der Waals surface area contributed by atoms with Crippen molar-refractivity contribution >= 4 is 29.1 Å². The Labute approximate surface area is 218 Å². The molecule has 4 aliphatic rings. The van der Waals surface area contributed by atoms with E-state index in [0.717, 1.165) is 0 Å². The predicted octanol–water partition coefficient (Wildman–Crippen LogP) is 4.26. The van der Waals surface area contributed by atoms with Crippen molar-refractivity contribution in [2.75, 3.05) is 0 Å². The number of hydrogen-bond donors (Lipinski definition) is 2. The highest BCUT2D eigenvalue weighted by atomic mass is 16.4. The molecule has 4 aliphatic carbocycles. The molecule has 202 valence electrons. The van der Waals surface area contributed by atoms with Gasteiger partial charge in [0.15, 0.2) is 17.3 Å². The minimum atomic E-state index is -1.04. The lowest BCUT2D eigenvalue weighted by atomic mass is 9.43. The fraction of sp³-hybridized carbons (Fsp3) is 0.700. The van der Waals surface area contributed by atoms with Gasteiger partial charge in [0.2, 0.25) is 0 Å². The number of aliphatic hydroxyl groups is 1. The van der Waals surface area contributed by atoms with Gasteiger partial charge in [0.05, 0.1) is 12.0 Å². The zero-order valence-corrected chi connectivity index (χ0v) is 23.1. The molecule has 2 fully saturated rings. The van der Waals surface area contributed by atoms with Crippen molar-refractivity contribution in [3.05, 3.63) is 22.8 Å². The molecule has 2 N–H and O–H groups in total. The average Bonchev–Trinajstić information content (AvgIpc) is 2.99. The molecule has 0 radical (unpaired) electrons. The van der Waals surface area contributed by atoms with E-state index in [-0.39, 0.29) is 54.2 Å². The van der Waals surface area contributed by atoms with Gasteiger partial charge in [-0.25, -0.2) is 0 Å². The number of carbonyl (C=O) groups excluding carboxylic acids is 4. The number of allylic oxidation sites excluding steroid dienone is 3. The first-order valence-electron chi connectivity index (χ1n) is 13.4. The van der Waals surface area contributed by atoms with Crippen LogP contribution in [0.15, 0.2) is 22.8 Å². The molecule has 7 atom stereocenters. The molecule has 0 aromatic carbocycles. The molecular weight excluding hydrogens is 472 g/mol.